The van der Waals surface area contributed by atoms with Crippen LogP contribution in [-0.4, -0.2) is 37.4 Å². The molecule has 30 heavy (non-hydrogen) atoms. The zero-order valence-electron chi connectivity index (χ0n) is 15.8. The van der Waals surface area contributed by atoms with E-state index in [-0.39, 0.29) is 17.9 Å². The molecule has 0 unspecified atom stereocenters. The van der Waals surface area contributed by atoms with E-state index in [0.29, 0.717) is 5.75 Å². The van der Waals surface area contributed by atoms with Crippen LogP contribution in [0, 0.1) is 5.82 Å². The van der Waals surface area contributed by atoms with Crippen LogP contribution in [0.1, 0.15) is 17.3 Å². The maximum atomic E-state index is 14.1. The van der Waals surface area contributed by atoms with Crippen LogP contribution < -0.4 is 15.4 Å². The van der Waals surface area contributed by atoms with Gasteiger partial charge in [-0.25, -0.2) is 9.18 Å². The number of anilines is 1. The number of alkyl halides is 3. The standard InChI is InChI=1S/C19H17ClF4N2O4/c1-3-30-17(28)18(19(22,23)24,25-12-6-9-15(21)14(20)10-12)26-16(27)11-4-7-13(29-2)8-5-11/h4-10,25H,3H2,1-2H3,(H,26,27)/t18-/m1/s1. The summed E-state index contributed by atoms with van der Waals surface area (Å²) in [6.45, 7) is 0.917. The monoisotopic (exact) mass is 448 g/mol. The molecule has 0 aromatic heterocycles. The van der Waals surface area contributed by atoms with Gasteiger partial charge in [0.1, 0.15) is 11.6 Å². The van der Waals surface area contributed by atoms with Gasteiger partial charge in [0.15, 0.2) is 0 Å². The highest BCUT2D eigenvalue weighted by molar-refractivity contribution is 6.31. The number of amides is 1. The highest BCUT2D eigenvalue weighted by Crippen LogP contribution is 2.34. The van der Waals surface area contributed by atoms with Crippen molar-refractivity contribution < 1.29 is 36.6 Å². The molecule has 6 nitrogen and oxygen atoms in total. The Labute approximate surface area is 174 Å². The van der Waals surface area contributed by atoms with Gasteiger partial charge in [-0.15, -0.1) is 0 Å². The SMILES string of the molecule is CCOC(=O)[C@](NC(=O)c1ccc(OC)cc1)(Nc1ccc(F)c(Cl)c1)C(F)(F)F. The minimum atomic E-state index is -5.34. The number of hydrogen-bond acceptors (Lipinski definition) is 5. The summed E-state index contributed by atoms with van der Waals surface area (Å²) in [4.78, 5) is 24.9. The van der Waals surface area contributed by atoms with Crippen LogP contribution in [-0.2, 0) is 9.53 Å². The van der Waals surface area contributed by atoms with E-state index in [9.17, 15) is 27.2 Å². The molecular formula is C19H17ClF4N2O4. The third-order valence-electron chi connectivity index (χ3n) is 3.91. The van der Waals surface area contributed by atoms with Crippen LogP contribution in [0.5, 0.6) is 5.75 Å². The fourth-order valence-electron chi connectivity index (χ4n) is 2.41. The lowest BCUT2D eigenvalue weighted by Crippen LogP contribution is -2.69. The van der Waals surface area contributed by atoms with Crippen molar-refractivity contribution in [3.05, 3.63) is 58.9 Å². The van der Waals surface area contributed by atoms with Crippen LogP contribution in [0.3, 0.4) is 0 Å². The third-order valence-corrected chi connectivity index (χ3v) is 4.20. The number of halogens is 5. The molecule has 0 saturated heterocycles. The van der Waals surface area contributed by atoms with E-state index >= 15 is 0 Å². The van der Waals surface area contributed by atoms with E-state index in [2.05, 4.69) is 4.74 Å². The molecule has 0 heterocycles. The van der Waals surface area contributed by atoms with Crippen molar-refractivity contribution in [2.75, 3.05) is 19.0 Å². The zero-order chi connectivity index (χ0) is 22.5. The lowest BCUT2D eigenvalue weighted by Gasteiger charge is -2.35. The number of methoxy groups -OCH3 is 1. The number of esters is 1. The van der Waals surface area contributed by atoms with E-state index in [4.69, 9.17) is 16.3 Å². The molecule has 2 rings (SSSR count). The van der Waals surface area contributed by atoms with Gasteiger partial charge in [0.05, 0.1) is 18.7 Å². The first-order valence-corrected chi connectivity index (χ1v) is 8.85. The predicted molar refractivity (Wildman–Crippen MR) is 101 cm³/mol. The fourth-order valence-corrected chi connectivity index (χ4v) is 2.59. The number of carbonyl (C=O) groups excluding carboxylic acids is 2. The molecule has 0 fully saturated rings. The summed E-state index contributed by atoms with van der Waals surface area (Å²) in [6, 6.07) is 7.74. The lowest BCUT2D eigenvalue weighted by atomic mass is 10.1. The Kier molecular flexibility index (Phi) is 7.14. The van der Waals surface area contributed by atoms with E-state index in [1.165, 1.54) is 38.3 Å². The molecule has 0 aliphatic heterocycles. The molecule has 162 valence electrons. The van der Waals surface area contributed by atoms with Crippen molar-refractivity contribution in [2.45, 2.75) is 18.8 Å². The van der Waals surface area contributed by atoms with Gasteiger partial charge in [-0.1, -0.05) is 11.6 Å². The van der Waals surface area contributed by atoms with E-state index < -0.39 is 34.6 Å². The molecule has 0 aliphatic carbocycles. The van der Waals surface area contributed by atoms with Crippen LogP contribution >= 0.6 is 11.6 Å². The van der Waals surface area contributed by atoms with Crippen molar-refractivity contribution in [1.29, 1.82) is 0 Å². The van der Waals surface area contributed by atoms with Gasteiger partial charge in [0.25, 0.3) is 5.91 Å². The quantitative estimate of drug-likeness (QED) is 0.378. The Bertz CT molecular complexity index is 922. The molecule has 1 amide bonds. The van der Waals surface area contributed by atoms with Crippen LogP contribution in [0.4, 0.5) is 23.2 Å². The minimum absolute atomic E-state index is 0.173. The Morgan fingerprint density at radius 3 is 2.23 bits per heavy atom. The highest BCUT2D eigenvalue weighted by Gasteiger charge is 2.63. The van der Waals surface area contributed by atoms with E-state index in [0.717, 1.165) is 18.2 Å². The van der Waals surface area contributed by atoms with Crippen molar-refractivity contribution in [2.24, 2.45) is 0 Å². The zero-order valence-corrected chi connectivity index (χ0v) is 16.5. The number of nitrogens with one attached hydrogen (secondary N) is 2. The largest absolute Gasteiger partial charge is 0.497 e. The van der Waals surface area contributed by atoms with Crippen molar-refractivity contribution in [3.63, 3.8) is 0 Å². The first-order chi connectivity index (χ1) is 14.0. The van der Waals surface area contributed by atoms with Gasteiger partial charge in [0, 0.05) is 11.3 Å². The summed E-state index contributed by atoms with van der Waals surface area (Å²) < 4.78 is 65.2. The fraction of sp³-hybridized carbons (Fsp3) is 0.263. The summed E-state index contributed by atoms with van der Waals surface area (Å²) in [7, 11) is 1.38. The molecule has 0 radical (unpaired) electrons. The summed E-state index contributed by atoms with van der Waals surface area (Å²) in [5.74, 6) is -3.53. The second-order valence-electron chi connectivity index (χ2n) is 5.90. The number of rotatable bonds is 7. The highest BCUT2D eigenvalue weighted by atomic mass is 35.5. The second kappa shape index (κ2) is 9.21. The van der Waals surface area contributed by atoms with E-state index in [1.807, 2.05) is 5.32 Å². The Morgan fingerprint density at radius 1 is 1.10 bits per heavy atom. The van der Waals surface area contributed by atoms with Gasteiger partial charge >= 0.3 is 17.8 Å². The Balaban J connectivity index is 2.50. The molecule has 0 saturated carbocycles. The normalized spacial score (nSPS) is 13.2. The molecule has 11 heteroatoms. The lowest BCUT2D eigenvalue weighted by molar-refractivity contribution is -0.204. The van der Waals surface area contributed by atoms with Gasteiger partial charge in [-0.2, -0.15) is 13.2 Å². The van der Waals surface area contributed by atoms with Crippen LogP contribution in [0.15, 0.2) is 42.5 Å². The van der Waals surface area contributed by atoms with E-state index in [1.54, 1.807) is 5.32 Å². The molecule has 1 atom stereocenters. The molecule has 2 aromatic carbocycles. The number of carbonyl (C=O) groups is 2. The summed E-state index contributed by atoms with van der Waals surface area (Å²) in [6.07, 6.45) is -5.34. The molecule has 0 spiro atoms. The topological polar surface area (TPSA) is 76.7 Å². The molecule has 0 bridgehead atoms. The van der Waals surface area contributed by atoms with Gasteiger partial charge < -0.3 is 20.1 Å². The maximum Gasteiger partial charge on any atom is 0.441 e. The molecular weight excluding hydrogens is 432 g/mol. The Morgan fingerprint density at radius 2 is 1.73 bits per heavy atom. The smallest absolute Gasteiger partial charge is 0.441 e. The number of hydrogen-bond donors (Lipinski definition) is 2. The van der Waals surface area contributed by atoms with Gasteiger partial charge in [0.2, 0.25) is 0 Å². The van der Waals surface area contributed by atoms with Crippen LogP contribution in [0.2, 0.25) is 5.02 Å². The van der Waals surface area contributed by atoms with Gasteiger partial charge in [-0.3, -0.25) is 4.79 Å². The number of ether oxygens (including phenoxy) is 2. The van der Waals surface area contributed by atoms with Crippen molar-refractivity contribution >= 4 is 29.2 Å². The second-order valence-corrected chi connectivity index (χ2v) is 6.31. The third kappa shape index (κ3) is 4.93. The van der Waals surface area contributed by atoms with Crippen molar-refractivity contribution in [3.8, 4) is 5.75 Å². The predicted octanol–water partition coefficient (Wildman–Crippen LogP) is 4.15. The molecule has 0 aliphatic rings. The molecule has 2 N–H and O–H groups in total. The summed E-state index contributed by atoms with van der Waals surface area (Å²) >= 11 is 5.62. The Hall–Kier alpha value is -3.01. The average Bonchev–Trinajstić information content (AvgIpc) is 2.69. The average molecular weight is 449 g/mol. The summed E-state index contributed by atoms with van der Waals surface area (Å²) in [5.41, 5.74) is -4.21. The van der Waals surface area contributed by atoms with Gasteiger partial charge in [-0.05, 0) is 49.4 Å². The minimum Gasteiger partial charge on any atom is -0.497 e. The molecule has 2 aromatic rings. The van der Waals surface area contributed by atoms with Crippen LogP contribution in [0.25, 0.3) is 0 Å². The summed E-state index contributed by atoms with van der Waals surface area (Å²) in [5, 5.41) is 3.08. The first-order valence-electron chi connectivity index (χ1n) is 8.47. The maximum absolute atomic E-state index is 14.1. The van der Waals surface area contributed by atoms with Crippen molar-refractivity contribution in [1.82, 2.24) is 5.32 Å². The number of benzene rings is 2. The first kappa shape index (κ1) is 23.3.